The van der Waals surface area contributed by atoms with Crippen molar-refractivity contribution in [1.82, 2.24) is 4.90 Å². The molecule has 0 bridgehead atoms. The average Bonchev–Trinajstić information content (AvgIpc) is 2.42. The number of hydrogen-bond donors (Lipinski definition) is 0. The number of esters is 1. The maximum atomic E-state index is 12.5. The molecule has 1 aromatic rings. The summed E-state index contributed by atoms with van der Waals surface area (Å²) in [6, 6.07) is 4.82. The minimum absolute atomic E-state index is 0.143. The minimum atomic E-state index is -0.447. The van der Waals surface area contributed by atoms with E-state index >= 15 is 0 Å². The first-order valence-corrected chi connectivity index (χ1v) is 8.14. The molecule has 0 radical (unpaired) electrons. The van der Waals surface area contributed by atoms with Gasteiger partial charge in [0.2, 0.25) is 0 Å². The molecule has 3 nitrogen and oxygen atoms in total. The fourth-order valence-electron chi connectivity index (χ4n) is 2.67. The topological polar surface area (TPSA) is 29.5 Å². The van der Waals surface area contributed by atoms with E-state index in [2.05, 4.69) is 4.90 Å². The van der Waals surface area contributed by atoms with Gasteiger partial charge in [-0.25, -0.2) is 4.79 Å². The Hall–Kier alpha value is -0.770. The number of carbonyl (C=O) groups excluding carboxylic acids is 1. The maximum Gasteiger partial charge on any atom is 0.328 e. The van der Waals surface area contributed by atoms with Gasteiger partial charge in [0.1, 0.15) is 6.04 Å². The third-order valence-electron chi connectivity index (χ3n) is 3.59. The Morgan fingerprint density at radius 1 is 1.19 bits per heavy atom. The third-order valence-corrected chi connectivity index (χ3v) is 4.15. The van der Waals surface area contributed by atoms with Crippen molar-refractivity contribution in [2.75, 3.05) is 13.1 Å². The van der Waals surface area contributed by atoms with Crippen LogP contribution in [0.25, 0.3) is 0 Å². The summed E-state index contributed by atoms with van der Waals surface area (Å²) >= 11 is 12.3. The van der Waals surface area contributed by atoms with E-state index in [1.807, 2.05) is 19.9 Å². The largest absolute Gasteiger partial charge is 0.462 e. The molecule has 0 amide bonds. The van der Waals surface area contributed by atoms with E-state index in [-0.39, 0.29) is 12.1 Å². The molecule has 5 heteroatoms. The number of nitrogens with zero attached hydrogens (tertiary/aromatic N) is 1. The van der Waals surface area contributed by atoms with E-state index in [9.17, 15) is 4.79 Å². The monoisotopic (exact) mass is 329 g/mol. The summed E-state index contributed by atoms with van der Waals surface area (Å²) in [6.45, 7) is 5.48. The average molecular weight is 330 g/mol. The summed E-state index contributed by atoms with van der Waals surface area (Å²) in [5, 5.41) is 1.08. The Morgan fingerprint density at radius 2 is 1.86 bits per heavy atom. The highest BCUT2D eigenvalue weighted by atomic mass is 35.5. The zero-order valence-corrected chi connectivity index (χ0v) is 14.0. The van der Waals surface area contributed by atoms with Gasteiger partial charge in [0.15, 0.2) is 0 Å². The number of halogens is 2. The van der Waals surface area contributed by atoms with Crippen LogP contribution in [0, 0.1) is 0 Å². The van der Waals surface area contributed by atoms with Crippen LogP contribution < -0.4 is 0 Å². The lowest BCUT2D eigenvalue weighted by Gasteiger charge is -2.34. The Morgan fingerprint density at radius 3 is 2.43 bits per heavy atom. The Labute approximate surface area is 136 Å². The van der Waals surface area contributed by atoms with Crippen molar-refractivity contribution in [3.8, 4) is 0 Å². The summed E-state index contributed by atoms with van der Waals surface area (Å²) in [5.41, 5.74) is 0.772. The fraction of sp³-hybridized carbons (Fsp3) is 0.562. The van der Waals surface area contributed by atoms with E-state index in [1.54, 1.807) is 12.1 Å². The number of likely N-dealkylation sites (tertiary alicyclic amines) is 1. The van der Waals surface area contributed by atoms with Gasteiger partial charge in [0.25, 0.3) is 0 Å². The quantitative estimate of drug-likeness (QED) is 0.763. The van der Waals surface area contributed by atoms with Crippen LogP contribution in [0.15, 0.2) is 18.2 Å². The van der Waals surface area contributed by atoms with Gasteiger partial charge in [-0.05, 0) is 57.5 Å². The second-order valence-corrected chi connectivity index (χ2v) is 6.49. The van der Waals surface area contributed by atoms with Gasteiger partial charge in [-0.3, -0.25) is 4.90 Å². The predicted molar refractivity (Wildman–Crippen MR) is 85.9 cm³/mol. The molecule has 0 saturated carbocycles. The van der Waals surface area contributed by atoms with E-state index in [1.165, 1.54) is 6.42 Å². The highest BCUT2D eigenvalue weighted by Gasteiger charge is 2.32. The predicted octanol–water partition coefficient (Wildman–Crippen LogP) is 4.47. The van der Waals surface area contributed by atoms with Crippen molar-refractivity contribution in [2.45, 2.75) is 45.3 Å². The third kappa shape index (κ3) is 4.35. The lowest BCUT2D eigenvalue weighted by Crippen LogP contribution is -2.39. The van der Waals surface area contributed by atoms with Crippen LogP contribution in [0.1, 0.15) is 44.7 Å². The van der Waals surface area contributed by atoms with E-state index in [4.69, 9.17) is 27.9 Å². The molecule has 0 spiro atoms. The SMILES string of the molecule is CC(C)OC(=O)[C@@H](c1ccc(Cl)cc1Cl)N1CCCCC1. The van der Waals surface area contributed by atoms with Crippen molar-refractivity contribution in [2.24, 2.45) is 0 Å². The molecule has 1 aromatic carbocycles. The molecule has 1 aliphatic heterocycles. The molecule has 0 unspecified atom stereocenters. The molecular weight excluding hydrogens is 309 g/mol. The second kappa shape index (κ2) is 7.48. The normalized spacial score (nSPS) is 17.8. The lowest BCUT2D eigenvalue weighted by molar-refractivity contribution is -0.154. The van der Waals surface area contributed by atoms with Crippen molar-refractivity contribution in [3.05, 3.63) is 33.8 Å². The molecule has 0 aromatic heterocycles. The van der Waals surface area contributed by atoms with Gasteiger partial charge in [-0.2, -0.15) is 0 Å². The fourth-order valence-corrected chi connectivity index (χ4v) is 3.18. The van der Waals surface area contributed by atoms with Gasteiger partial charge < -0.3 is 4.74 Å². The van der Waals surface area contributed by atoms with Gasteiger partial charge >= 0.3 is 5.97 Å². The smallest absolute Gasteiger partial charge is 0.328 e. The number of ether oxygens (including phenoxy) is 1. The summed E-state index contributed by atoms with van der Waals surface area (Å²) in [7, 11) is 0. The zero-order valence-electron chi connectivity index (χ0n) is 12.4. The molecule has 21 heavy (non-hydrogen) atoms. The maximum absolute atomic E-state index is 12.5. The number of hydrogen-bond acceptors (Lipinski definition) is 3. The van der Waals surface area contributed by atoms with E-state index in [0.29, 0.717) is 10.0 Å². The van der Waals surface area contributed by atoms with Crippen LogP contribution in [0.4, 0.5) is 0 Å². The van der Waals surface area contributed by atoms with Crippen molar-refractivity contribution >= 4 is 29.2 Å². The van der Waals surface area contributed by atoms with Gasteiger partial charge in [-0.15, -0.1) is 0 Å². The molecule has 1 fully saturated rings. The first-order valence-electron chi connectivity index (χ1n) is 7.38. The van der Waals surface area contributed by atoms with Gasteiger partial charge in [-0.1, -0.05) is 35.7 Å². The summed E-state index contributed by atoms with van der Waals surface area (Å²) in [4.78, 5) is 14.7. The molecule has 1 saturated heterocycles. The Kier molecular flexibility index (Phi) is 5.91. The first kappa shape index (κ1) is 16.6. The van der Waals surface area contributed by atoms with Crippen LogP contribution in [0.2, 0.25) is 10.0 Å². The second-order valence-electron chi connectivity index (χ2n) is 5.65. The van der Waals surface area contributed by atoms with Crippen LogP contribution in [0.3, 0.4) is 0 Å². The highest BCUT2D eigenvalue weighted by Crippen LogP contribution is 2.32. The van der Waals surface area contributed by atoms with Gasteiger partial charge in [0.05, 0.1) is 6.10 Å². The number of benzene rings is 1. The lowest BCUT2D eigenvalue weighted by atomic mass is 10.0. The van der Waals surface area contributed by atoms with E-state index < -0.39 is 6.04 Å². The summed E-state index contributed by atoms with van der Waals surface area (Å²) < 4.78 is 5.43. The number of piperidine rings is 1. The molecule has 0 aliphatic carbocycles. The minimum Gasteiger partial charge on any atom is -0.462 e. The number of rotatable bonds is 4. The molecule has 116 valence electrons. The zero-order chi connectivity index (χ0) is 15.4. The standard InChI is InChI=1S/C16H21Cl2NO2/c1-11(2)21-16(20)15(19-8-4-3-5-9-19)13-7-6-12(17)10-14(13)18/h6-7,10-11,15H,3-5,8-9H2,1-2H3/t15-/m1/s1. The first-order chi connectivity index (χ1) is 9.99. The molecular formula is C16H21Cl2NO2. The highest BCUT2D eigenvalue weighted by molar-refractivity contribution is 6.35. The molecule has 1 atom stereocenters. The molecule has 2 rings (SSSR count). The molecule has 1 aliphatic rings. The van der Waals surface area contributed by atoms with Gasteiger partial charge in [0, 0.05) is 10.0 Å². The van der Waals surface area contributed by atoms with Crippen LogP contribution >= 0.6 is 23.2 Å². The molecule has 1 heterocycles. The number of carbonyl (C=O) groups is 1. The Balaban J connectivity index is 2.31. The van der Waals surface area contributed by atoms with Crippen LogP contribution in [0.5, 0.6) is 0 Å². The van der Waals surface area contributed by atoms with Crippen LogP contribution in [-0.4, -0.2) is 30.1 Å². The summed E-state index contributed by atoms with van der Waals surface area (Å²) in [6.07, 6.45) is 3.25. The van der Waals surface area contributed by atoms with Crippen molar-refractivity contribution in [3.63, 3.8) is 0 Å². The Bertz CT molecular complexity index is 499. The van der Waals surface area contributed by atoms with Crippen molar-refractivity contribution < 1.29 is 9.53 Å². The van der Waals surface area contributed by atoms with Crippen molar-refractivity contribution in [1.29, 1.82) is 0 Å². The summed E-state index contributed by atoms with van der Waals surface area (Å²) in [5.74, 6) is -0.240. The van der Waals surface area contributed by atoms with Crippen LogP contribution in [-0.2, 0) is 9.53 Å². The molecule has 0 N–H and O–H groups in total. The van der Waals surface area contributed by atoms with E-state index in [0.717, 1.165) is 31.5 Å².